The minimum Gasteiger partial charge on any atom is -0.497 e. The summed E-state index contributed by atoms with van der Waals surface area (Å²) in [6.07, 6.45) is 2.76. The first-order chi connectivity index (χ1) is 17.6. The van der Waals surface area contributed by atoms with Crippen molar-refractivity contribution in [2.75, 3.05) is 73.6 Å². The molecule has 3 heterocycles. The van der Waals surface area contributed by atoms with Gasteiger partial charge < -0.3 is 14.5 Å². The van der Waals surface area contributed by atoms with Gasteiger partial charge in [0.1, 0.15) is 11.5 Å². The maximum atomic E-state index is 13.3. The minimum atomic E-state index is -3.75. The van der Waals surface area contributed by atoms with Crippen LogP contribution in [0.5, 0.6) is 5.75 Å². The third kappa shape index (κ3) is 6.39. The molecule has 0 bridgehead atoms. The molecule has 0 aromatic heterocycles. The van der Waals surface area contributed by atoms with Crippen LogP contribution in [0.2, 0.25) is 0 Å². The number of hydrogen-bond acceptors (Lipinski definition) is 8. The van der Waals surface area contributed by atoms with E-state index in [9.17, 15) is 13.2 Å². The molecule has 37 heavy (non-hydrogen) atoms. The Hall–Kier alpha value is -2.34. The van der Waals surface area contributed by atoms with Crippen molar-refractivity contribution in [1.29, 1.82) is 0 Å². The van der Waals surface area contributed by atoms with Gasteiger partial charge in [0.05, 0.1) is 24.3 Å². The predicted octanol–water partition coefficient (Wildman–Crippen LogP) is 1.62. The number of carbonyl (C=O) groups excluding carboxylic acids is 1. The third-order valence-electron chi connectivity index (χ3n) is 7.69. The summed E-state index contributed by atoms with van der Waals surface area (Å²) < 4.78 is 33.2. The van der Waals surface area contributed by atoms with Crippen molar-refractivity contribution < 1.29 is 17.9 Å². The van der Waals surface area contributed by atoms with Crippen LogP contribution >= 0.6 is 0 Å². The molecule has 1 aromatic rings. The van der Waals surface area contributed by atoms with Gasteiger partial charge in [0.25, 0.3) is 5.91 Å². The Kier molecular flexibility index (Phi) is 8.67. The van der Waals surface area contributed by atoms with E-state index < -0.39 is 10.0 Å². The zero-order valence-electron chi connectivity index (χ0n) is 22.7. The number of nitrogens with zero attached hydrogens (tertiary/aromatic N) is 6. The minimum absolute atomic E-state index is 0.0812. The van der Waals surface area contributed by atoms with E-state index in [1.807, 2.05) is 4.90 Å². The number of ether oxygens (including phenoxy) is 1. The molecule has 0 N–H and O–H groups in total. The van der Waals surface area contributed by atoms with Gasteiger partial charge >= 0.3 is 0 Å². The van der Waals surface area contributed by atoms with Crippen LogP contribution in [0.3, 0.4) is 0 Å². The quantitative estimate of drug-likeness (QED) is 0.505. The first kappa shape index (κ1) is 27.7. The number of piperidine rings is 1. The fourth-order valence-electron chi connectivity index (χ4n) is 5.46. The van der Waals surface area contributed by atoms with Crippen LogP contribution < -0.4 is 4.74 Å². The molecular weight excluding hydrogens is 492 g/mol. The van der Waals surface area contributed by atoms with Crippen molar-refractivity contribution in [3.63, 3.8) is 0 Å². The van der Waals surface area contributed by atoms with Crippen LogP contribution in [-0.2, 0) is 14.8 Å². The first-order valence-corrected chi connectivity index (χ1v) is 14.5. The van der Waals surface area contributed by atoms with Gasteiger partial charge in [-0.1, -0.05) is 0 Å². The number of aryl methyl sites for hydroxylation is 2. The number of carbonyl (C=O) groups is 1. The first-order valence-electron chi connectivity index (χ1n) is 13.0. The molecule has 0 spiro atoms. The highest BCUT2D eigenvalue weighted by Crippen LogP contribution is 2.28. The lowest BCUT2D eigenvalue weighted by molar-refractivity contribution is -0.125. The van der Waals surface area contributed by atoms with E-state index in [1.165, 1.54) is 37.3 Å². The lowest BCUT2D eigenvalue weighted by atomic mass is 9.96. The molecule has 4 rings (SSSR count). The molecule has 0 radical (unpaired) electrons. The molecule has 0 atom stereocenters. The van der Waals surface area contributed by atoms with E-state index in [0.29, 0.717) is 41.4 Å². The summed E-state index contributed by atoms with van der Waals surface area (Å²) in [7, 11) is 1.52. The number of methoxy groups -OCH3 is 1. The van der Waals surface area contributed by atoms with E-state index in [-0.39, 0.29) is 23.8 Å². The van der Waals surface area contributed by atoms with E-state index in [2.05, 4.69) is 27.1 Å². The smallest absolute Gasteiger partial charge is 0.270 e. The van der Waals surface area contributed by atoms with E-state index in [1.54, 1.807) is 33.1 Å². The second-order valence-corrected chi connectivity index (χ2v) is 12.6. The van der Waals surface area contributed by atoms with Gasteiger partial charge in [0.2, 0.25) is 10.0 Å². The summed E-state index contributed by atoms with van der Waals surface area (Å²) in [5.41, 5.74) is 2.21. The monoisotopic (exact) mass is 532 g/mol. The van der Waals surface area contributed by atoms with Crippen LogP contribution in [0.4, 0.5) is 0 Å². The van der Waals surface area contributed by atoms with Gasteiger partial charge in [-0.25, -0.2) is 8.42 Å². The fraction of sp³-hybridized carbons (Fsp3) is 0.654. The molecule has 2 fully saturated rings. The fourth-order valence-corrected chi connectivity index (χ4v) is 7.02. The second-order valence-electron chi connectivity index (χ2n) is 10.6. The zero-order valence-corrected chi connectivity index (χ0v) is 23.6. The normalized spacial score (nSPS) is 20.3. The maximum Gasteiger partial charge on any atom is 0.270 e. The maximum absolute atomic E-state index is 13.3. The van der Waals surface area contributed by atoms with E-state index in [4.69, 9.17) is 4.74 Å². The summed E-state index contributed by atoms with van der Waals surface area (Å²) in [5.74, 6) is 1.27. The van der Waals surface area contributed by atoms with Crippen LogP contribution in [0.25, 0.3) is 0 Å². The standard InChI is InChI=1S/C26H40N6O4S/c1-19-14-23(36-5)15-20(2)25(19)37(34,35)30(4)18-22-16-24(28-27-22)26(33)32-12-10-31(11-13-32)17-21-6-8-29(3)9-7-21/h14-15,21H,6-13,16-18H2,1-5H3. The molecular formula is C26H40N6O4S. The van der Waals surface area contributed by atoms with Gasteiger partial charge in [-0.05, 0) is 76.0 Å². The number of benzene rings is 1. The second kappa shape index (κ2) is 11.6. The molecule has 0 saturated carbocycles. The molecule has 1 amide bonds. The van der Waals surface area contributed by atoms with Crippen molar-refractivity contribution in [3.05, 3.63) is 23.3 Å². The molecule has 1 aromatic carbocycles. The van der Waals surface area contributed by atoms with Gasteiger partial charge in [0.15, 0.2) is 0 Å². The number of piperazine rings is 1. The number of likely N-dealkylation sites (tertiary alicyclic amines) is 1. The summed E-state index contributed by atoms with van der Waals surface area (Å²) in [6, 6.07) is 3.43. The average Bonchev–Trinajstić information content (AvgIpc) is 3.33. The van der Waals surface area contributed by atoms with Gasteiger partial charge in [-0.2, -0.15) is 9.41 Å². The highest BCUT2D eigenvalue weighted by atomic mass is 32.2. The number of amides is 1. The lowest BCUT2D eigenvalue weighted by Crippen LogP contribution is -2.52. The highest BCUT2D eigenvalue weighted by Gasteiger charge is 2.31. The van der Waals surface area contributed by atoms with Crippen molar-refractivity contribution in [1.82, 2.24) is 19.0 Å². The van der Waals surface area contributed by atoms with E-state index in [0.717, 1.165) is 25.6 Å². The average molecular weight is 533 g/mol. The Morgan fingerprint density at radius 3 is 2.27 bits per heavy atom. The van der Waals surface area contributed by atoms with Gasteiger partial charge in [-0.15, -0.1) is 5.10 Å². The van der Waals surface area contributed by atoms with Gasteiger partial charge in [0, 0.05) is 46.2 Å². The summed E-state index contributed by atoms with van der Waals surface area (Å²) in [6.45, 7) is 10.2. The largest absolute Gasteiger partial charge is 0.497 e. The van der Waals surface area contributed by atoms with Crippen LogP contribution in [0.1, 0.15) is 30.4 Å². The number of rotatable bonds is 8. The highest BCUT2D eigenvalue weighted by molar-refractivity contribution is 7.89. The van der Waals surface area contributed by atoms with Crippen molar-refractivity contribution in [2.24, 2.45) is 16.1 Å². The van der Waals surface area contributed by atoms with Gasteiger partial charge in [-0.3, -0.25) is 9.69 Å². The van der Waals surface area contributed by atoms with Crippen molar-refractivity contribution >= 4 is 27.4 Å². The Bertz CT molecular complexity index is 1140. The summed E-state index contributed by atoms with van der Waals surface area (Å²) >= 11 is 0. The Balaban J connectivity index is 1.27. The summed E-state index contributed by atoms with van der Waals surface area (Å²) in [4.78, 5) is 20.1. The molecule has 10 nitrogen and oxygen atoms in total. The third-order valence-corrected chi connectivity index (χ3v) is 9.80. The Morgan fingerprint density at radius 1 is 1.05 bits per heavy atom. The van der Waals surface area contributed by atoms with Crippen LogP contribution in [-0.4, -0.2) is 118 Å². The molecule has 3 aliphatic rings. The van der Waals surface area contributed by atoms with Crippen LogP contribution in [0, 0.1) is 19.8 Å². The number of sulfonamides is 1. The molecule has 0 aliphatic carbocycles. The number of hydrogen-bond donors (Lipinski definition) is 0. The molecule has 3 aliphatic heterocycles. The van der Waals surface area contributed by atoms with Crippen LogP contribution in [0.15, 0.2) is 27.2 Å². The molecule has 2 saturated heterocycles. The van der Waals surface area contributed by atoms with Crippen molar-refractivity contribution in [2.45, 2.75) is 38.0 Å². The topological polar surface area (TPSA) is 98.1 Å². The molecule has 11 heteroatoms. The Morgan fingerprint density at radius 2 is 1.68 bits per heavy atom. The summed E-state index contributed by atoms with van der Waals surface area (Å²) in [5, 5.41) is 8.30. The zero-order chi connectivity index (χ0) is 26.7. The van der Waals surface area contributed by atoms with Crippen molar-refractivity contribution in [3.8, 4) is 5.75 Å². The van der Waals surface area contributed by atoms with E-state index >= 15 is 0 Å². The Labute approximate surface area is 221 Å². The SMILES string of the molecule is COc1cc(C)c(S(=O)(=O)N(C)CC2=NN=C(C(=O)N3CCN(CC4CCN(C)CC4)CC3)C2)c(C)c1. The molecule has 204 valence electrons. The predicted molar refractivity (Wildman–Crippen MR) is 145 cm³/mol. The lowest BCUT2D eigenvalue weighted by Gasteiger charge is -2.38. The molecule has 0 unspecified atom stereocenters.